The maximum Gasteiger partial charge on any atom is 0.126 e. The second kappa shape index (κ2) is 5.56. The molecule has 74 valence electrons. The average molecular weight is 207 g/mol. The highest BCUT2D eigenvalue weighted by Crippen LogP contribution is 2.13. The zero-order valence-corrected chi connectivity index (χ0v) is 8.96. The van der Waals surface area contributed by atoms with Gasteiger partial charge in [0.15, 0.2) is 0 Å². The SMILES string of the molecule is CCCC(C#N)S(=O)c1ccccc1. The van der Waals surface area contributed by atoms with Crippen LogP contribution in [0.15, 0.2) is 35.2 Å². The van der Waals surface area contributed by atoms with Crippen LogP contribution in [-0.2, 0) is 10.8 Å². The van der Waals surface area contributed by atoms with E-state index in [2.05, 4.69) is 6.07 Å². The first-order valence-corrected chi connectivity index (χ1v) is 5.86. The van der Waals surface area contributed by atoms with Crippen molar-refractivity contribution in [2.24, 2.45) is 0 Å². The predicted molar refractivity (Wildman–Crippen MR) is 57.2 cm³/mol. The van der Waals surface area contributed by atoms with Crippen LogP contribution in [0, 0.1) is 11.3 Å². The van der Waals surface area contributed by atoms with E-state index in [4.69, 9.17) is 5.26 Å². The minimum Gasteiger partial charge on any atom is -0.253 e. The van der Waals surface area contributed by atoms with E-state index >= 15 is 0 Å². The van der Waals surface area contributed by atoms with Crippen LogP contribution in [0.1, 0.15) is 19.8 Å². The van der Waals surface area contributed by atoms with Gasteiger partial charge in [0.2, 0.25) is 0 Å². The zero-order valence-electron chi connectivity index (χ0n) is 8.14. The first-order valence-electron chi connectivity index (χ1n) is 4.64. The molecule has 1 rings (SSSR count). The Labute approximate surface area is 87.0 Å². The van der Waals surface area contributed by atoms with Gasteiger partial charge in [-0.1, -0.05) is 31.5 Å². The third-order valence-corrected chi connectivity index (χ3v) is 3.52. The molecule has 2 atom stereocenters. The predicted octanol–water partition coefficient (Wildman–Crippen LogP) is 2.49. The largest absolute Gasteiger partial charge is 0.253 e. The summed E-state index contributed by atoms with van der Waals surface area (Å²) in [6.45, 7) is 1.99. The summed E-state index contributed by atoms with van der Waals surface area (Å²) in [6, 6.07) is 11.3. The van der Waals surface area contributed by atoms with Crippen molar-refractivity contribution in [1.29, 1.82) is 5.26 Å². The van der Waals surface area contributed by atoms with Crippen LogP contribution in [-0.4, -0.2) is 9.46 Å². The molecule has 0 bridgehead atoms. The summed E-state index contributed by atoms with van der Waals surface area (Å²) in [5.41, 5.74) is 0. The lowest BCUT2D eigenvalue weighted by Crippen LogP contribution is -2.12. The number of nitrogens with zero attached hydrogens (tertiary/aromatic N) is 1. The monoisotopic (exact) mass is 207 g/mol. The van der Waals surface area contributed by atoms with Crippen LogP contribution in [0.2, 0.25) is 0 Å². The van der Waals surface area contributed by atoms with Gasteiger partial charge >= 0.3 is 0 Å². The van der Waals surface area contributed by atoms with Gasteiger partial charge < -0.3 is 0 Å². The molecule has 0 aliphatic heterocycles. The molecule has 0 radical (unpaired) electrons. The normalized spacial score (nSPS) is 14.3. The Morgan fingerprint density at radius 2 is 2.07 bits per heavy atom. The summed E-state index contributed by atoms with van der Waals surface area (Å²) in [5, 5.41) is 8.47. The molecule has 1 aromatic rings. The molecule has 0 N–H and O–H groups in total. The Hall–Kier alpha value is -1.14. The number of hydrogen-bond donors (Lipinski definition) is 0. The molecule has 0 heterocycles. The highest BCUT2D eigenvalue weighted by atomic mass is 32.2. The van der Waals surface area contributed by atoms with Crippen molar-refractivity contribution in [3.05, 3.63) is 30.3 Å². The van der Waals surface area contributed by atoms with Gasteiger partial charge in [-0.3, -0.25) is 4.21 Å². The Bertz CT molecular complexity index is 342. The van der Waals surface area contributed by atoms with Gasteiger partial charge in [0.05, 0.1) is 16.9 Å². The fourth-order valence-electron chi connectivity index (χ4n) is 1.20. The molecule has 2 nitrogen and oxygen atoms in total. The van der Waals surface area contributed by atoms with Gasteiger partial charge in [0.1, 0.15) is 5.25 Å². The Balaban J connectivity index is 2.80. The standard InChI is InChI=1S/C11H13NOS/c1-2-6-11(9-12)14(13)10-7-4-3-5-8-10/h3-5,7-8,11H,2,6H2,1H3. The summed E-state index contributed by atoms with van der Waals surface area (Å²) < 4.78 is 11.9. The summed E-state index contributed by atoms with van der Waals surface area (Å²) in [4.78, 5) is 0.743. The zero-order chi connectivity index (χ0) is 10.4. The maximum atomic E-state index is 11.9. The second-order valence-electron chi connectivity index (χ2n) is 3.02. The van der Waals surface area contributed by atoms with Crippen LogP contribution in [0.4, 0.5) is 0 Å². The van der Waals surface area contributed by atoms with E-state index < -0.39 is 10.8 Å². The Morgan fingerprint density at radius 1 is 1.43 bits per heavy atom. The third-order valence-electron chi connectivity index (χ3n) is 1.93. The van der Waals surface area contributed by atoms with E-state index in [0.29, 0.717) is 6.42 Å². The molecule has 2 unspecified atom stereocenters. The molecule has 0 saturated heterocycles. The van der Waals surface area contributed by atoms with Crippen molar-refractivity contribution < 1.29 is 4.21 Å². The summed E-state index contributed by atoms with van der Waals surface area (Å²) in [7, 11) is -1.18. The molecule has 0 fully saturated rings. The van der Waals surface area contributed by atoms with Crippen molar-refractivity contribution in [3.8, 4) is 6.07 Å². The average Bonchev–Trinajstić information content (AvgIpc) is 2.26. The summed E-state index contributed by atoms with van der Waals surface area (Å²) in [6.07, 6.45) is 1.58. The minimum atomic E-state index is -1.18. The van der Waals surface area contributed by atoms with Crippen LogP contribution < -0.4 is 0 Å². The second-order valence-corrected chi connectivity index (χ2v) is 4.65. The molecular formula is C11H13NOS. The lowest BCUT2D eigenvalue weighted by molar-refractivity contribution is 0.671. The fraction of sp³-hybridized carbons (Fsp3) is 0.364. The van der Waals surface area contributed by atoms with Gasteiger partial charge in [-0.15, -0.1) is 0 Å². The summed E-state index contributed by atoms with van der Waals surface area (Å²) in [5.74, 6) is 0. The quantitative estimate of drug-likeness (QED) is 0.761. The van der Waals surface area contributed by atoms with Crippen molar-refractivity contribution in [3.63, 3.8) is 0 Å². The lowest BCUT2D eigenvalue weighted by Gasteiger charge is -2.06. The van der Waals surface area contributed by atoms with Crippen LogP contribution in [0.3, 0.4) is 0 Å². The first-order chi connectivity index (χ1) is 6.79. The Kier molecular flexibility index (Phi) is 4.34. The number of nitriles is 1. The van der Waals surface area contributed by atoms with Crippen LogP contribution in [0.5, 0.6) is 0 Å². The molecule has 1 aromatic carbocycles. The van der Waals surface area contributed by atoms with Crippen molar-refractivity contribution in [1.82, 2.24) is 0 Å². The van der Waals surface area contributed by atoms with Crippen molar-refractivity contribution >= 4 is 10.8 Å². The van der Waals surface area contributed by atoms with E-state index in [-0.39, 0.29) is 5.25 Å². The number of rotatable bonds is 4. The first kappa shape index (κ1) is 10.9. The smallest absolute Gasteiger partial charge is 0.126 e. The highest BCUT2D eigenvalue weighted by molar-refractivity contribution is 7.86. The van der Waals surface area contributed by atoms with E-state index in [1.807, 2.05) is 25.1 Å². The third kappa shape index (κ3) is 2.68. The maximum absolute atomic E-state index is 11.9. The van der Waals surface area contributed by atoms with E-state index in [0.717, 1.165) is 11.3 Å². The molecule has 0 aromatic heterocycles. The molecule has 0 aliphatic carbocycles. The van der Waals surface area contributed by atoms with Gasteiger partial charge in [-0.2, -0.15) is 5.26 Å². The Morgan fingerprint density at radius 3 is 2.57 bits per heavy atom. The van der Waals surface area contributed by atoms with Crippen LogP contribution >= 0.6 is 0 Å². The van der Waals surface area contributed by atoms with Crippen molar-refractivity contribution in [2.45, 2.75) is 29.9 Å². The van der Waals surface area contributed by atoms with Gasteiger partial charge in [-0.25, -0.2) is 0 Å². The van der Waals surface area contributed by atoms with Gasteiger partial charge in [-0.05, 0) is 18.6 Å². The summed E-state index contributed by atoms with van der Waals surface area (Å²) >= 11 is 0. The fourth-order valence-corrected chi connectivity index (χ4v) is 2.50. The number of benzene rings is 1. The van der Waals surface area contributed by atoms with E-state index in [1.54, 1.807) is 12.1 Å². The van der Waals surface area contributed by atoms with E-state index in [9.17, 15) is 4.21 Å². The molecule has 3 heteroatoms. The topological polar surface area (TPSA) is 40.9 Å². The molecule has 0 aliphatic rings. The molecule has 0 saturated carbocycles. The number of hydrogen-bond acceptors (Lipinski definition) is 2. The van der Waals surface area contributed by atoms with Gasteiger partial charge in [0, 0.05) is 4.90 Å². The molecular weight excluding hydrogens is 194 g/mol. The van der Waals surface area contributed by atoms with Crippen molar-refractivity contribution in [2.75, 3.05) is 0 Å². The lowest BCUT2D eigenvalue weighted by atomic mass is 10.3. The molecule has 0 amide bonds. The van der Waals surface area contributed by atoms with Gasteiger partial charge in [0.25, 0.3) is 0 Å². The highest BCUT2D eigenvalue weighted by Gasteiger charge is 2.16. The van der Waals surface area contributed by atoms with E-state index in [1.165, 1.54) is 0 Å². The molecule has 0 spiro atoms. The minimum absolute atomic E-state index is 0.373. The molecule has 14 heavy (non-hydrogen) atoms. The van der Waals surface area contributed by atoms with Crippen LogP contribution in [0.25, 0.3) is 0 Å².